The van der Waals surface area contributed by atoms with Gasteiger partial charge in [-0.3, -0.25) is 10.2 Å². The zero-order chi connectivity index (χ0) is 13.8. The van der Waals surface area contributed by atoms with Crippen molar-refractivity contribution in [2.24, 2.45) is 5.92 Å². The van der Waals surface area contributed by atoms with Crippen LogP contribution in [-0.4, -0.2) is 41.0 Å². The maximum absolute atomic E-state index is 12.0. The summed E-state index contributed by atoms with van der Waals surface area (Å²) in [6.45, 7) is 1.17. The van der Waals surface area contributed by atoms with Crippen molar-refractivity contribution in [1.29, 1.82) is 0 Å². The molecule has 0 aromatic carbocycles. The van der Waals surface area contributed by atoms with Crippen LogP contribution in [0.15, 0.2) is 18.5 Å². The van der Waals surface area contributed by atoms with E-state index in [9.17, 15) is 4.79 Å². The molecule has 1 aromatic heterocycles. The van der Waals surface area contributed by atoms with Gasteiger partial charge in [0, 0.05) is 31.5 Å². The number of hydrazine groups is 1. The normalized spacial score (nSPS) is 25.4. The first-order chi connectivity index (χ1) is 9.83. The van der Waals surface area contributed by atoms with E-state index < -0.39 is 0 Å². The van der Waals surface area contributed by atoms with E-state index in [1.807, 2.05) is 0 Å². The van der Waals surface area contributed by atoms with Crippen molar-refractivity contribution in [1.82, 2.24) is 26.1 Å². The number of aromatic nitrogens is 2. The van der Waals surface area contributed by atoms with Crippen molar-refractivity contribution in [2.75, 3.05) is 18.4 Å². The quantitative estimate of drug-likeness (QED) is 0.531. The minimum atomic E-state index is -0.117. The standard InChI is InChI=1S/C13H20N6O/c20-12(11-8-10(18-19-11)9-2-3-9)14-6-7-17-13-15-4-1-5-16-13/h1,4-5,9-11,18-19H,2-3,6-8H2,(H,14,20)(H,15,16,17). The lowest BCUT2D eigenvalue weighted by Crippen LogP contribution is -2.44. The summed E-state index contributed by atoms with van der Waals surface area (Å²) in [7, 11) is 0. The zero-order valence-corrected chi connectivity index (χ0v) is 11.3. The minimum absolute atomic E-state index is 0.0523. The SMILES string of the molecule is O=C(NCCNc1ncccn1)C1CC(C2CC2)NN1. The van der Waals surface area contributed by atoms with E-state index in [2.05, 4.69) is 31.5 Å². The molecule has 20 heavy (non-hydrogen) atoms. The van der Waals surface area contributed by atoms with Crippen LogP contribution in [0.1, 0.15) is 19.3 Å². The second-order valence-corrected chi connectivity index (χ2v) is 5.31. The number of hydrogen-bond acceptors (Lipinski definition) is 6. The zero-order valence-electron chi connectivity index (χ0n) is 11.3. The van der Waals surface area contributed by atoms with E-state index in [1.165, 1.54) is 12.8 Å². The highest BCUT2D eigenvalue weighted by Crippen LogP contribution is 2.35. The Morgan fingerprint density at radius 2 is 2.05 bits per heavy atom. The second-order valence-electron chi connectivity index (χ2n) is 5.31. The third kappa shape index (κ3) is 3.43. The monoisotopic (exact) mass is 276 g/mol. The van der Waals surface area contributed by atoms with E-state index in [1.54, 1.807) is 18.5 Å². The first-order valence-electron chi connectivity index (χ1n) is 7.12. The van der Waals surface area contributed by atoms with Gasteiger partial charge in [0.05, 0.1) is 0 Å². The van der Waals surface area contributed by atoms with Gasteiger partial charge >= 0.3 is 0 Å². The van der Waals surface area contributed by atoms with Gasteiger partial charge < -0.3 is 10.6 Å². The predicted octanol–water partition coefficient (Wildman–Crippen LogP) is -0.350. The summed E-state index contributed by atoms with van der Waals surface area (Å²) in [6, 6.07) is 2.11. The van der Waals surface area contributed by atoms with Gasteiger partial charge in [-0.25, -0.2) is 15.4 Å². The summed E-state index contributed by atoms with van der Waals surface area (Å²) in [6.07, 6.45) is 6.81. The highest BCUT2D eigenvalue weighted by Gasteiger charge is 2.38. The number of nitrogens with one attached hydrogen (secondary N) is 4. The molecule has 7 nitrogen and oxygen atoms in total. The average molecular weight is 276 g/mol. The Kier molecular flexibility index (Phi) is 4.08. The highest BCUT2D eigenvalue weighted by molar-refractivity contribution is 5.82. The summed E-state index contributed by atoms with van der Waals surface area (Å²) in [5, 5.41) is 5.97. The molecule has 1 aromatic rings. The smallest absolute Gasteiger partial charge is 0.238 e. The Hall–Kier alpha value is -1.73. The summed E-state index contributed by atoms with van der Waals surface area (Å²) in [5.41, 5.74) is 6.30. The lowest BCUT2D eigenvalue weighted by Gasteiger charge is -2.11. The molecule has 2 atom stereocenters. The highest BCUT2D eigenvalue weighted by atomic mass is 16.2. The van der Waals surface area contributed by atoms with Gasteiger partial charge in [0.1, 0.15) is 6.04 Å². The molecular formula is C13H20N6O. The first-order valence-corrected chi connectivity index (χ1v) is 7.12. The fourth-order valence-electron chi connectivity index (χ4n) is 2.43. The summed E-state index contributed by atoms with van der Waals surface area (Å²) < 4.78 is 0. The molecule has 0 bridgehead atoms. The van der Waals surface area contributed by atoms with Gasteiger partial charge in [0.2, 0.25) is 11.9 Å². The van der Waals surface area contributed by atoms with Crippen LogP contribution in [-0.2, 0) is 4.79 Å². The van der Waals surface area contributed by atoms with Crippen molar-refractivity contribution < 1.29 is 4.79 Å². The Bertz CT molecular complexity index is 449. The van der Waals surface area contributed by atoms with Crippen molar-refractivity contribution in [3.05, 3.63) is 18.5 Å². The van der Waals surface area contributed by atoms with E-state index in [0.29, 0.717) is 25.1 Å². The molecule has 2 heterocycles. The Balaban J connectivity index is 1.33. The number of carbonyl (C=O) groups is 1. The van der Waals surface area contributed by atoms with Gasteiger partial charge in [-0.15, -0.1) is 0 Å². The minimum Gasteiger partial charge on any atom is -0.353 e. The molecule has 1 aliphatic carbocycles. The third-order valence-electron chi connectivity index (χ3n) is 3.71. The van der Waals surface area contributed by atoms with Crippen LogP contribution in [0.5, 0.6) is 0 Å². The molecule has 2 unspecified atom stereocenters. The third-order valence-corrected chi connectivity index (χ3v) is 3.71. The van der Waals surface area contributed by atoms with Crippen molar-refractivity contribution in [3.63, 3.8) is 0 Å². The second kappa shape index (κ2) is 6.15. The summed E-state index contributed by atoms with van der Waals surface area (Å²) in [5.74, 6) is 1.39. The van der Waals surface area contributed by atoms with Crippen LogP contribution >= 0.6 is 0 Å². The number of nitrogens with zero attached hydrogens (tertiary/aromatic N) is 2. The lowest BCUT2D eigenvalue weighted by atomic mass is 10.1. The molecule has 3 rings (SSSR count). The number of hydrogen-bond donors (Lipinski definition) is 4. The van der Waals surface area contributed by atoms with Crippen LogP contribution in [0.3, 0.4) is 0 Å². The average Bonchev–Trinajstić information content (AvgIpc) is 3.22. The molecule has 0 radical (unpaired) electrons. The topological polar surface area (TPSA) is 91.0 Å². The molecule has 1 saturated heterocycles. The number of amides is 1. The van der Waals surface area contributed by atoms with Crippen molar-refractivity contribution >= 4 is 11.9 Å². The molecule has 2 fully saturated rings. The number of carbonyl (C=O) groups excluding carboxylic acids is 1. The molecular weight excluding hydrogens is 256 g/mol. The van der Waals surface area contributed by atoms with Crippen molar-refractivity contribution in [2.45, 2.75) is 31.3 Å². The van der Waals surface area contributed by atoms with Crippen LogP contribution in [0, 0.1) is 5.92 Å². The van der Waals surface area contributed by atoms with Gasteiger partial charge in [-0.05, 0) is 31.2 Å². The van der Waals surface area contributed by atoms with E-state index in [0.717, 1.165) is 12.3 Å². The number of rotatable bonds is 6. The molecule has 0 spiro atoms. The predicted molar refractivity (Wildman–Crippen MR) is 74.7 cm³/mol. The Morgan fingerprint density at radius 3 is 2.80 bits per heavy atom. The number of anilines is 1. The van der Waals surface area contributed by atoms with E-state index >= 15 is 0 Å². The van der Waals surface area contributed by atoms with Crippen LogP contribution in [0.25, 0.3) is 0 Å². The molecule has 1 aliphatic heterocycles. The van der Waals surface area contributed by atoms with Gasteiger partial charge in [0.25, 0.3) is 0 Å². The molecule has 7 heteroatoms. The Morgan fingerprint density at radius 1 is 1.25 bits per heavy atom. The van der Waals surface area contributed by atoms with Gasteiger partial charge in [0.15, 0.2) is 0 Å². The van der Waals surface area contributed by atoms with E-state index in [-0.39, 0.29) is 11.9 Å². The molecule has 2 aliphatic rings. The van der Waals surface area contributed by atoms with Gasteiger partial charge in [-0.2, -0.15) is 0 Å². The fourth-order valence-corrected chi connectivity index (χ4v) is 2.43. The fraction of sp³-hybridized carbons (Fsp3) is 0.615. The largest absolute Gasteiger partial charge is 0.353 e. The molecule has 108 valence electrons. The summed E-state index contributed by atoms with van der Waals surface area (Å²) in [4.78, 5) is 20.1. The molecule has 4 N–H and O–H groups in total. The summed E-state index contributed by atoms with van der Waals surface area (Å²) >= 11 is 0. The Labute approximate surface area is 117 Å². The maximum atomic E-state index is 12.0. The molecule has 1 saturated carbocycles. The van der Waals surface area contributed by atoms with Gasteiger partial charge in [-0.1, -0.05) is 0 Å². The maximum Gasteiger partial charge on any atom is 0.238 e. The van der Waals surface area contributed by atoms with Crippen LogP contribution in [0.2, 0.25) is 0 Å². The van der Waals surface area contributed by atoms with Crippen LogP contribution < -0.4 is 21.5 Å². The van der Waals surface area contributed by atoms with Crippen molar-refractivity contribution in [3.8, 4) is 0 Å². The van der Waals surface area contributed by atoms with E-state index in [4.69, 9.17) is 0 Å². The first kappa shape index (κ1) is 13.3. The van der Waals surface area contributed by atoms with Crippen LogP contribution in [0.4, 0.5) is 5.95 Å². The molecule has 1 amide bonds. The lowest BCUT2D eigenvalue weighted by molar-refractivity contribution is -0.122.